The Kier molecular flexibility index (Phi) is 7.39. The van der Waals surface area contributed by atoms with E-state index in [1.807, 2.05) is 60.5 Å². The van der Waals surface area contributed by atoms with Crippen LogP contribution < -0.4 is 0 Å². The highest BCUT2D eigenvalue weighted by Gasteiger charge is 2.33. The molecule has 0 heterocycles. The number of rotatable bonds is 8. The Morgan fingerprint density at radius 3 is 1.89 bits per heavy atom. The third-order valence-electron chi connectivity index (χ3n) is 4.91. The number of carbonyl (C=O) groups is 1. The zero-order valence-electron chi connectivity index (χ0n) is 17.5. The minimum absolute atomic E-state index is 0.0515. The summed E-state index contributed by atoms with van der Waals surface area (Å²) in [5.41, 5.74) is 2.20. The molecule has 1 unspecified atom stereocenters. The Morgan fingerprint density at radius 1 is 0.963 bits per heavy atom. The lowest BCUT2D eigenvalue weighted by Crippen LogP contribution is -2.44. The van der Waals surface area contributed by atoms with Crippen LogP contribution in [0, 0.1) is 0 Å². The molecule has 0 saturated heterocycles. The summed E-state index contributed by atoms with van der Waals surface area (Å²) in [5.74, 6) is 0.0262. The average molecular weight is 384 g/mol. The first-order valence-electron chi connectivity index (χ1n) is 9.79. The first-order valence-corrected chi connectivity index (χ1v) is 13.2. The lowest BCUT2D eigenvalue weighted by Gasteiger charge is -2.37. The number of likely N-dealkylation sites (N-methyl/N-ethyl adjacent to an activating group) is 1. The number of carbonyl (C=O) groups excluding carboxylic acids is 1. The summed E-state index contributed by atoms with van der Waals surface area (Å²) in [5, 5.41) is 0. The predicted molar refractivity (Wildman–Crippen MR) is 115 cm³/mol. The quantitative estimate of drug-likeness (QED) is 0.554. The van der Waals surface area contributed by atoms with E-state index in [4.69, 9.17) is 4.43 Å². The van der Waals surface area contributed by atoms with E-state index < -0.39 is 8.32 Å². The van der Waals surface area contributed by atoms with Gasteiger partial charge >= 0.3 is 0 Å². The van der Waals surface area contributed by atoms with E-state index in [1.165, 1.54) is 0 Å². The molecule has 3 nitrogen and oxygen atoms in total. The largest absolute Gasteiger partial charge is 0.409 e. The highest BCUT2D eigenvalue weighted by Crippen LogP contribution is 2.30. The van der Waals surface area contributed by atoms with Gasteiger partial charge in [0.2, 0.25) is 5.91 Å². The van der Waals surface area contributed by atoms with E-state index in [0.29, 0.717) is 0 Å². The summed E-state index contributed by atoms with van der Waals surface area (Å²) in [6.45, 7) is 10.7. The Morgan fingerprint density at radius 2 is 1.44 bits per heavy atom. The molecule has 146 valence electrons. The van der Waals surface area contributed by atoms with Crippen molar-refractivity contribution < 1.29 is 9.22 Å². The van der Waals surface area contributed by atoms with E-state index in [-0.39, 0.29) is 24.0 Å². The standard InChI is InChI=1S/C23H33NO2Si/c1-7-21(19-14-10-8-11-15-19)23(25)24(3)18(2)22(26-27(4,5)6)20-16-12-9-13-17-20/h8-18,21-22H,7H2,1-6H3/t18-,21?,22-/m0/s1. The summed E-state index contributed by atoms with van der Waals surface area (Å²) < 4.78 is 6.52. The van der Waals surface area contributed by atoms with Crippen LogP contribution in [-0.4, -0.2) is 32.2 Å². The van der Waals surface area contributed by atoms with Gasteiger partial charge in [0.25, 0.3) is 0 Å². The molecular weight excluding hydrogens is 350 g/mol. The van der Waals surface area contributed by atoms with Gasteiger partial charge in [-0.2, -0.15) is 0 Å². The molecule has 2 aromatic rings. The first kappa shape index (κ1) is 21.4. The molecule has 0 fully saturated rings. The molecule has 2 aromatic carbocycles. The van der Waals surface area contributed by atoms with Crippen molar-refractivity contribution in [3.05, 3.63) is 71.8 Å². The highest BCUT2D eigenvalue weighted by molar-refractivity contribution is 6.69. The van der Waals surface area contributed by atoms with Crippen LogP contribution in [0.2, 0.25) is 19.6 Å². The van der Waals surface area contributed by atoms with Crippen molar-refractivity contribution >= 4 is 14.2 Å². The van der Waals surface area contributed by atoms with Crippen molar-refractivity contribution in [2.75, 3.05) is 7.05 Å². The summed E-state index contributed by atoms with van der Waals surface area (Å²) in [7, 11) is 0.121. The fraction of sp³-hybridized carbons (Fsp3) is 0.435. The summed E-state index contributed by atoms with van der Waals surface area (Å²) in [4.78, 5) is 15.2. The number of hydrogen-bond donors (Lipinski definition) is 0. The lowest BCUT2D eigenvalue weighted by atomic mass is 9.93. The van der Waals surface area contributed by atoms with Crippen molar-refractivity contribution in [3.8, 4) is 0 Å². The van der Waals surface area contributed by atoms with E-state index in [1.54, 1.807) is 0 Å². The van der Waals surface area contributed by atoms with Gasteiger partial charge in [0.1, 0.15) is 0 Å². The molecule has 0 radical (unpaired) electrons. The molecule has 27 heavy (non-hydrogen) atoms. The summed E-state index contributed by atoms with van der Waals surface area (Å²) in [6.07, 6.45) is 0.658. The van der Waals surface area contributed by atoms with Gasteiger partial charge < -0.3 is 9.33 Å². The monoisotopic (exact) mass is 383 g/mol. The first-order chi connectivity index (χ1) is 12.7. The number of amides is 1. The topological polar surface area (TPSA) is 29.5 Å². The second kappa shape index (κ2) is 9.33. The van der Waals surface area contributed by atoms with Crippen molar-refractivity contribution in [1.82, 2.24) is 4.90 Å². The molecule has 0 aliphatic carbocycles. The van der Waals surface area contributed by atoms with E-state index in [9.17, 15) is 4.79 Å². The van der Waals surface area contributed by atoms with Gasteiger partial charge in [0, 0.05) is 7.05 Å². The fourth-order valence-electron chi connectivity index (χ4n) is 3.36. The van der Waals surface area contributed by atoms with Gasteiger partial charge in [-0.3, -0.25) is 4.79 Å². The summed E-state index contributed by atoms with van der Waals surface area (Å²) in [6, 6.07) is 20.3. The van der Waals surface area contributed by atoms with Gasteiger partial charge in [0.15, 0.2) is 8.32 Å². The zero-order chi connectivity index (χ0) is 20.0. The Labute approximate surface area is 165 Å². The summed E-state index contributed by atoms with van der Waals surface area (Å²) >= 11 is 0. The zero-order valence-corrected chi connectivity index (χ0v) is 18.5. The highest BCUT2D eigenvalue weighted by atomic mass is 28.4. The molecule has 1 amide bonds. The Hall–Kier alpha value is -1.91. The van der Waals surface area contributed by atoms with Crippen LogP contribution in [0.3, 0.4) is 0 Å². The van der Waals surface area contributed by atoms with Crippen LogP contribution in [0.25, 0.3) is 0 Å². The fourth-order valence-corrected chi connectivity index (χ4v) is 4.45. The second-order valence-electron chi connectivity index (χ2n) is 8.12. The van der Waals surface area contributed by atoms with Gasteiger partial charge in [-0.1, -0.05) is 67.6 Å². The van der Waals surface area contributed by atoms with Gasteiger partial charge in [-0.05, 0) is 44.1 Å². The average Bonchev–Trinajstić information content (AvgIpc) is 2.66. The van der Waals surface area contributed by atoms with Gasteiger partial charge in [-0.25, -0.2) is 0 Å². The molecule has 0 aromatic heterocycles. The number of hydrogen-bond acceptors (Lipinski definition) is 2. The van der Waals surface area contributed by atoms with Crippen LogP contribution in [0.4, 0.5) is 0 Å². The second-order valence-corrected chi connectivity index (χ2v) is 12.6. The van der Waals surface area contributed by atoms with Crippen LogP contribution in [0.5, 0.6) is 0 Å². The maximum absolute atomic E-state index is 13.3. The normalized spacial score (nSPS) is 15.0. The lowest BCUT2D eigenvalue weighted by molar-refractivity contribution is -0.135. The van der Waals surface area contributed by atoms with E-state index in [0.717, 1.165) is 17.5 Å². The van der Waals surface area contributed by atoms with Crippen molar-refractivity contribution in [2.24, 2.45) is 0 Å². The number of nitrogens with zero attached hydrogens (tertiary/aromatic N) is 1. The maximum Gasteiger partial charge on any atom is 0.230 e. The third-order valence-corrected chi connectivity index (χ3v) is 5.87. The van der Waals surface area contributed by atoms with Crippen LogP contribution in [-0.2, 0) is 9.22 Å². The van der Waals surface area contributed by atoms with E-state index in [2.05, 4.69) is 45.6 Å². The molecule has 0 aliphatic rings. The van der Waals surface area contributed by atoms with Crippen LogP contribution in [0.15, 0.2) is 60.7 Å². The molecule has 0 N–H and O–H groups in total. The molecule has 3 atom stereocenters. The van der Waals surface area contributed by atoms with Crippen molar-refractivity contribution in [1.29, 1.82) is 0 Å². The molecule has 4 heteroatoms. The van der Waals surface area contributed by atoms with Crippen LogP contribution >= 0.6 is 0 Å². The minimum Gasteiger partial charge on any atom is -0.409 e. The predicted octanol–water partition coefficient (Wildman–Crippen LogP) is 5.62. The Balaban J connectivity index is 2.27. The third kappa shape index (κ3) is 5.78. The molecule has 0 aliphatic heterocycles. The molecular formula is C23H33NO2Si. The number of benzene rings is 2. The molecule has 2 rings (SSSR count). The molecule has 0 spiro atoms. The molecule has 0 bridgehead atoms. The van der Waals surface area contributed by atoms with E-state index >= 15 is 0 Å². The SMILES string of the molecule is CCC(C(=O)N(C)[C@@H](C)[C@H](O[Si](C)(C)C)c1ccccc1)c1ccccc1. The van der Waals surface area contributed by atoms with Crippen molar-refractivity contribution in [3.63, 3.8) is 0 Å². The Bertz CT molecular complexity index is 712. The van der Waals surface area contributed by atoms with Gasteiger partial charge in [-0.15, -0.1) is 0 Å². The molecule has 0 saturated carbocycles. The smallest absolute Gasteiger partial charge is 0.230 e. The van der Waals surface area contributed by atoms with Crippen molar-refractivity contribution in [2.45, 2.75) is 58.0 Å². The van der Waals surface area contributed by atoms with Crippen LogP contribution in [0.1, 0.15) is 43.4 Å². The maximum atomic E-state index is 13.3. The minimum atomic E-state index is -1.78. The van der Waals surface area contributed by atoms with Gasteiger partial charge in [0.05, 0.1) is 18.1 Å².